The molecule has 0 aromatic rings. The summed E-state index contributed by atoms with van der Waals surface area (Å²) >= 11 is 14.6. The standard InChI is InChI=1S/C2H6OS69/c1-2-3-72(5,6)71-70-69-68-67-66-65-64-63-62-61-60-59-58-57-56-55-54-53-52-51-50-49-48-47-46-45-44-43-42-41-40-39-38-37-36-35-34-33-32-31-30-29-28-27-26-25-24-23-22-21-20-19-18-17-16-15-14-13-12-11-10-9-8-7-4/h4H,2H2,1H3. The fourth-order valence-electron chi connectivity index (χ4n) is 0.914. The van der Waals surface area contributed by atoms with Gasteiger partial charge in [-0.05, 0) is 108 Å². The normalized spacial score (nSPS) is 12.0. The summed E-state index contributed by atoms with van der Waals surface area (Å²) < 4.78 is 5.41. The molecule has 0 saturated heterocycles. The van der Waals surface area contributed by atoms with E-state index in [0.717, 1.165) is 0 Å². The zero-order valence-electron chi connectivity index (χ0n) is 30.3. The van der Waals surface area contributed by atoms with Crippen molar-refractivity contribution in [2.75, 3.05) is 6.61 Å². The van der Waals surface area contributed by atoms with Crippen molar-refractivity contribution in [1.82, 2.24) is 0 Å². The highest BCUT2D eigenvalue weighted by Gasteiger charge is 2.07. The predicted octanol–water partition coefficient (Wildman–Crippen LogP) is 43.0. The molecule has 0 aliphatic carbocycles. The first-order valence-electron chi connectivity index (χ1n) is 12.5. The molecule has 0 aromatic heterocycles. The van der Waals surface area contributed by atoms with E-state index in [1.807, 2.05) is 488 Å². The Morgan fingerprint density at radius 1 is 0.222 bits per heavy atom. The summed E-state index contributed by atoms with van der Waals surface area (Å²) in [6.07, 6.45) is 0. The first-order chi connectivity index (χ1) is 35.6. The van der Waals surface area contributed by atoms with Crippen LogP contribution in [0, 0.1) is 0 Å². The fourth-order valence-corrected chi connectivity index (χ4v) is 182. The zero-order chi connectivity index (χ0) is 51.9. The summed E-state index contributed by atoms with van der Waals surface area (Å²) in [6.45, 7) is 0.691. The second-order valence-electron chi connectivity index (χ2n) is 5.24. The third kappa shape index (κ3) is 89.9. The fraction of sp³-hybridized carbons (Fsp3) is 1.00. The SMILES string of the molecule is CCOS(=S)(=S)SSSSSSSSSSSSSSSSSSSSSSSSSSSSSSSSSSSSSSSSSSSSSSSSSSSSSSSSSSSSSSSSSS. The Bertz CT molecular complexity index is 1040. The molecular formula is C2H6OS69. The summed E-state index contributed by atoms with van der Waals surface area (Å²) in [5.74, 6) is 0. The molecule has 72 heavy (non-hydrogen) atoms. The van der Waals surface area contributed by atoms with Gasteiger partial charge in [0, 0.05) is 560 Å². The van der Waals surface area contributed by atoms with Crippen molar-refractivity contribution in [3.05, 3.63) is 0 Å². The van der Waals surface area contributed by atoms with Gasteiger partial charge < -0.3 is 4.18 Å². The molecule has 0 spiro atoms. The van der Waals surface area contributed by atoms with Gasteiger partial charge in [0.1, 0.15) is 0 Å². The molecule has 0 heterocycles. The summed E-state index contributed by atoms with van der Waals surface area (Å²) in [7, 11) is 117. The highest BCUT2D eigenvalue weighted by Crippen LogP contribution is 2.71. The maximum atomic E-state index is 5.41. The third-order valence-electron chi connectivity index (χ3n) is 2.13. The minimum atomic E-state index is -1.81. The Kier molecular flexibility index (Phi) is 119. The molecular weight excluding hydrogens is 2250 g/mol. The van der Waals surface area contributed by atoms with E-state index >= 15 is 0 Å². The molecule has 0 rings (SSSR count). The van der Waals surface area contributed by atoms with E-state index in [1.54, 1.807) is 138 Å². The van der Waals surface area contributed by atoms with Gasteiger partial charge in [0.05, 0.1) is 13.1 Å². The topological polar surface area (TPSA) is 9.23 Å². The molecule has 434 valence electrons. The van der Waals surface area contributed by atoms with E-state index in [0.29, 0.717) is 6.61 Å². The monoisotopic (exact) mass is 2250 g/mol. The summed E-state index contributed by atoms with van der Waals surface area (Å²) in [6, 6.07) is 0. The van der Waals surface area contributed by atoms with Gasteiger partial charge in [-0.25, -0.2) is 0 Å². The average molecular weight is 2260 g/mol. The molecule has 0 N–H and O–H groups in total. The van der Waals surface area contributed by atoms with E-state index in [-0.39, 0.29) is 0 Å². The summed E-state index contributed by atoms with van der Waals surface area (Å²) in [4.78, 5) is 0. The maximum absolute atomic E-state index is 5.41. The lowest BCUT2D eigenvalue weighted by Crippen LogP contribution is -1.93. The van der Waals surface area contributed by atoms with Gasteiger partial charge in [0.25, 0.3) is 0 Å². The maximum Gasteiger partial charge on any atom is 0.0820 e. The second-order valence-corrected chi connectivity index (χ2v) is 128. The van der Waals surface area contributed by atoms with Crippen LogP contribution in [0.15, 0.2) is 0 Å². The zero-order valence-corrected chi connectivity index (χ0v) is 86.7. The number of thiol groups is 1. The van der Waals surface area contributed by atoms with Crippen molar-refractivity contribution in [1.29, 1.82) is 0 Å². The largest absolute Gasteiger partial charge is 0.302 e. The molecule has 0 fully saturated rings. The molecule has 0 amide bonds. The molecule has 0 saturated carbocycles. The second kappa shape index (κ2) is 89.1. The van der Waals surface area contributed by atoms with Crippen LogP contribution in [0.1, 0.15) is 6.92 Å². The van der Waals surface area contributed by atoms with Crippen LogP contribution in [0.25, 0.3) is 0 Å². The minimum absolute atomic E-state index is 0.579. The van der Waals surface area contributed by atoms with E-state index < -0.39 is 6.46 Å². The van der Waals surface area contributed by atoms with E-state index in [9.17, 15) is 0 Å². The van der Waals surface area contributed by atoms with Crippen LogP contribution in [0.3, 0.4) is 0 Å². The van der Waals surface area contributed by atoms with Crippen molar-refractivity contribution in [2.24, 2.45) is 0 Å². The van der Waals surface area contributed by atoms with Crippen molar-refractivity contribution >= 4 is 679 Å². The van der Waals surface area contributed by atoms with E-state index in [2.05, 4.69) is 11.7 Å². The van der Waals surface area contributed by atoms with Crippen molar-refractivity contribution < 1.29 is 4.18 Å². The number of hydrogen-bond acceptors (Lipinski definition) is 69. The average Bonchev–Trinajstić information content (AvgIpc) is 3.37. The first kappa shape index (κ1) is 95.9. The van der Waals surface area contributed by atoms with Crippen LogP contribution >= 0.6 is 650 Å². The van der Waals surface area contributed by atoms with Gasteiger partial charge in [-0.2, -0.15) is 0 Å². The van der Waals surface area contributed by atoms with Crippen molar-refractivity contribution in [3.63, 3.8) is 0 Å². The third-order valence-corrected chi connectivity index (χ3v) is 151. The Labute approximate surface area is 677 Å². The lowest BCUT2D eigenvalue weighted by molar-refractivity contribution is 0.402. The molecule has 0 aromatic carbocycles. The van der Waals surface area contributed by atoms with Crippen LogP contribution in [-0.4, -0.2) is 6.61 Å². The molecule has 0 aliphatic rings. The predicted molar refractivity (Wildman–Crippen MR) is 536 cm³/mol. The molecule has 0 aliphatic heterocycles. The Hall–Kier alpha value is 23.9. The van der Waals surface area contributed by atoms with Crippen molar-refractivity contribution in [2.45, 2.75) is 6.92 Å². The van der Waals surface area contributed by atoms with Crippen LogP contribution in [0.4, 0.5) is 0 Å². The van der Waals surface area contributed by atoms with Gasteiger partial charge in [-0.3, -0.25) is 0 Å². The van der Waals surface area contributed by atoms with E-state index in [1.165, 1.54) is 19.7 Å². The minimum Gasteiger partial charge on any atom is -0.302 e. The molecule has 70 heteroatoms. The Morgan fingerprint density at radius 3 is 0.444 bits per heavy atom. The molecule has 0 unspecified atom stereocenters. The van der Waals surface area contributed by atoms with Crippen LogP contribution < -0.4 is 0 Å². The lowest BCUT2D eigenvalue weighted by atomic mass is 10.9. The van der Waals surface area contributed by atoms with Crippen LogP contribution in [0.2, 0.25) is 0 Å². The highest BCUT2D eigenvalue weighted by atomic mass is 34.1. The Morgan fingerprint density at radius 2 is 0.333 bits per heavy atom. The quantitative estimate of drug-likeness (QED) is 0.0352. The van der Waals surface area contributed by atoms with Crippen LogP contribution in [0.5, 0.6) is 0 Å². The highest BCUT2D eigenvalue weighted by molar-refractivity contribution is 9.65. The van der Waals surface area contributed by atoms with E-state index in [4.69, 9.17) is 26.6 Å². The first-order valence-corrected chi connectivity index (χ1v) is 104. The number of hydrogen-bond donors (Lipinski definition) is 1. The molecule has 0 radical (unpaired) electrons. The summed E-state index contributed by atoms with van der Waals surface area (Å²) in [5.41, 5.74) is 0. The van der Waals surface area contributed by atoms with Gasteiger partial charge in [-0.15, -0.1) is 0 Å². The Balaban J connectivity index is 3.09. The van der Waals surface area contributed by atoms with Gasteiger partial charge >= 0.3 is 0 Å². The number of rotatable bonds is 67. The van der Waals surface area contributed by atoms with Crippen LogP contribution in [-0.2, 0) is 33.0 Å². The molecule has 0 bridgehead atoms. The summed E-state index contributed by atoms with van der Waals surface area (Å²) in [5, 5.41) is 0. The molecule has 0 atom stereocenters. The lowest BCUT2D eigenvalue weighted by Gasteiger charge is -2.06. The van der Waals surface area contributed by atoms with Gasteiger partial charge in [0.2, 0.25) is 0 Å². The smallest absolute Gasteiger partial charge is 0.0820 e. The van der Waals surface area contributed by atoms with Gasteiger partial charge in [0.15, 0.2) is 0 Å². The van der Waals surface area contributed by atoms with Gasteiger partial charge in [-0.1, -0.05) is 11.7 Å². The molecule has 1 nitrogen and oxygen atoms in total. The van der Waals surface area contributed by atoms with Crippen molar-refractivity contribution in [3.8, 4) is 0 Å².